The lowest BCUT2D eigenvalue weighted by molar-refractivity contribution is 0.756. The van der Waals surface area contributed by atoms with E-state index >= 15 is 0 Å². The highest BCUT2D eigenvalue weighted by Gasteiger charge is 2.14. The third kappa shape index (κ3) is 5.04. The maximum absolute atomic E-state index is 13.4. The van der Waals surface area contributed by atoms with Crippen LogP contribution in [0.15, 0.2) is 106 Å². The van der Waals surface area contributed by atoms with Crippen molar-refractivity contribution in [1.82, 2.24) is 9.78 Å². The summed E-state index contributed by atoms with van der Waals surface area (Å²) in [6, 6.07) is 28.4. The monoisotopic (exact) mass is 430 g/mol. The molecule has 0 aliphatic carbocycles. The molecule has 0 spiro atoms. The van der Waals surface area contributed by atoms with E-state index in [-0.39, 0.29) is 5.56 Å². The van der Waals surface area contributed by atoms with E-state index in [0.717, 1.165) is 32.5 Å². The molecule has 150 valence electrons. The van der Waals surface area contributed by atoms with Crippen LogP contribution in [0, 0.1) is 6.92 Å². The Balaban J connectivity index is 1.66. The highest BCUT2D eigenvalue weighted by atomic mass is 32.2. The van der Waals surface area contributed by atoms with Gasteiger partial charge >= 0.3 is 0 Å². The lowest BCUT2D eigenvalue weighted by Crippen LogP contribution is -2.23. The second-order valence-electron chi connectivity index (χ2n) is 6.94. The molecule has 0 saturated heterocycles. The average Bonchev–Trinajstić information content (AvgIpc) is 2.79. The number of benzene rings is 3. The average molecular weight is 431 g/mol. The second-order valence-corrected chi connectivity index (χ2v) is 8.94. The molecule has 4 rings (SSSR count). The van der Waals surface area contributed by atoms with Crippen molar-refractivity contribution in [2.75, 3.05) is 0 Å². The van der Waals surface area contributed by atoms with Crippen molar-refractivity contribution in [3.63, 3.8) is 0 Å². The summed E-state index contributed by atoms with van der Waals surface area (Å²) in [5.74, 6) is 1.54. The molecule has 0 unspecified atom stereocenters. The van der Waals surface area contributed by atoms with Crippen molar-refractivity contribution < 1.29 is 0 Å². The number of thioether (sulfide) groups is 2. The fourth-order valence-corrected chi connectivity index (χ4v) is 5.11. The highest BCUT2D eigenvalue weighted by molar-refractivity contribution is 8.01. The maximum atomic E-state index is 13.4. The first-order valence-corrected chi connectivity index (χ1v) is 11.7. The molecule has 4 aromatic rings. The van der Waals surface area contributed by atoms with Crippen LogP contribution < -0.4 is 5.56 Å². The summed E-state index contributed by atoms with van der Waals surface area (Å²) >= 11 is 3.24. The molecule has 0 aliphatic heterocycles. The van der Waals surface area contributed by atoms with E-state index in [0.29, 0.717) is 0 Å². The van der Waals surface area contributed by atoms with E-state index in [1.807, 2.05) is 73.8 Å². The van der Waals surface area contributed by atoms with Crippen LogP contribution in [-0.2, 0) is 11.5 Å². The number of nitrogens with zero attached hydrogens (tertiary/aromatic N) is 2. The Labute approximate surface area is 185 Å². The predicted octanol–water partition coefficient (Wildman–Crippen LogP) is 6.13. The summed E-state index contributed by atoms with van der Waals surface area (Å²) in [5.41, 5.74) is 4.29. The molecule has 0 saturated carbocycles. The van der Waals surface area contributed by atoms with E-state index < -0.39 is 0 Å². The molecular weight excluding hydrogens is 408 g/mol. The van der Waals surface area contributed by atoms with Crippen LogP contribution in [0.1, 0.15) is 16.7 Å². The number of aryl methyl sites for hydroxylation is 1. The van der Waals surface area contributed by atoms with Gasteiger partial charge in [-0.25, -0.2) is 0 Å². The molecular formula is C25H22N2OS2. The van der Waals surface area contributed by atoms with Gasteiger partial charge in [0.2, 0.25) is 0 Å². The molecule has 0 N–H and O–H groups in total. The van der Waals surface area contributed by atoms with Crippen molar-refractivity contribution in [3.8, 4) is 5.69 Å². The van der Waals surface area contributed by atoms with Crippen LogP contribution in [0.4, 0.5) is 0 Å². The Morgan fingerprint density at radius 2 is 1.33 bits per heavy atom. The van der Waals surface area contributed by atoms with Crippen LogP contribution in [0.25, 0.3) is 5.69 Å². The number of hydrogen-bond acceptors (Lipinski definition) is 4. The Morgan fingerprint density at radius 1 is 0.767 bits per heavy atom. The topological polar surface area (TPSA) is 34.9 Å². The van der Waals surface area contributed by atoms with Gasteiger partial charge in [0.25, 0.3) is 5.56 Å². The Hall–Kier alpha value is -2.76. The van der Waals surface area contributed by atoms with Crippen molar-refractivity contribution >= 4 is 23.5 Å². The van der Waals surface area contributed by atoms with Gasteiger partial charge in [0, 0.05) is 16.4 Å². The van der Waals surface area contributed by atoms with Crippen LogP contribution in [0.3, 0.4) is 0 Å². The van der Waals surface area contributed by atoms with Crippen molar-refractivity contribution in [2.45, 2.75) is 28.2 Å². The van der Waals surface area contributed by atoms with Crippen LogP contribution >= 0.6 is 23.5 Å². The zero-order chi connectivity index (χ0) is 20.8. The minimum Gasteiger partial charge on any atom is -0.266 e. The molecule has 3 nitrogen and oxygen atoms in total. The van der Waals surface area contributed by atoms with Gasteiger partial charge in [0.15, 0.2) is 0 Å². The minimum absolute atomic E-state index is 0.0714. The van der Waals surface area contributed by atoms with Crippen molar-refractivity contribution in [1.29, 1.82) is 0 Å². The van der Waals surface area contributed by atoms with Gasteiger partial charge in [-0.3, -0.25) is 4.79 Å². The van der Waals surface area contributed by atoms with Gasteiger partial charge in [0.1, 0.15) is 0 Å². The highest BCUT2D eigenvalue weighted by Crippen LogP contribution is 2.32. The molecule has 0 atom stereocenters. The van der Waals surface area contributed by atoms with E-state index in [2.05, 4.69) is 29.4 Å². The standard InChI is InChI=1S/C25H22N2OS2/c1-19-12-14-22(15-13-19)27-25(28)24(30-18-21-10-6-3-7-11-21)23(16-26-27)29-17-20-8-4-2-5-9-20/h2-16H,17-18H2,1H3. The second kappa shape index (κ2) is 9.83. The zero-order valence-electron chi connectivity index (χ0n) is 16.7. The van der Waals surface area contributed by atoms with E-state index in [1.165, 1.54) is 15.8 Å². The molecule has 3 aromatic carbocycles. The SMILES string of the molecule is Cc1ccc(-n2ncc(SCc3ccccc3)c(SCc3ccccc3)c2=O)cc1. The first-order chi connectivity index (χ1) is 14.7. The van der Waals surface area contributed by atoms with Gasteiger partial charge in [-0.2, -0.15) is 9.78 Å². The molecule has 0 fully saturated rings. The van der Waals surface area contributed by atoms with Crippen LogP contribution in [-0.4, -0.2) is 9.78 Å². The molecule has 0 bridgehead atoms. The first kappa shape index (κ1) is 20.5. The molecule has 0 radical (unpaired) electrons. The Morgan fingerprint density at radius 3 is 1.93 bits per heavy atom. The fraction of sp³-hybridized carbons (Fsp3) is 0.120. The fourth-order valence-electron chi connectivity index (χ4n) is 2.99. The summed E-state index contributed by atoms with van der Waals surface area (Å²) in [6.07, 6.45) is 1.82. The number of rotatable bonds is 7. The maximum Gasteiger partial charge on any atom is 0.286 e. The summed E-state index contributed by atoms with van der Waals surface area (Å²) in [5, 5.41) is 4.48. The van der Waals surface area contributed by atoms with E-state index in [1.54, 1.807) is 23.5 Å². The normalized spacial score (nSPS) is 10.8. The molecule has 1 heterocycles. The largest absolute Gasteiger partial charge is 0.286 e. The molecule has 0 aliphatic rings. The lowest BCUT2D eigenvalue weighted by atomic mass is 10.2. The molecule has 5 heteroatoms. The number of aromatic nitrogens is 2. The summed E-state index contributed by atoms with van der Waals surface area (Å²) in [4.78, 5) is 15.0. The molecule has 30 heavy (non-hydrogen) atoms. The van der Waals surface area contributed by atoms with Gasteiger partial charge in [-0.15, -0.1) is 23.5 Å². The Kier molecular flexibility index (Phi) is 6.72. The zero-order valence-corrected chi connectivity index (χ0v) is 18.3. The predicted molar refractivity (Wildman–Crippen MR) is 127 cm³/mol. The summed E-state index contributed by atoms with van der Waals surface area (Å²) in [7, 11) is 0. The summed E-state index contributed by atoms with van der Waals surface area (Å²) < 4.78 is 1.50. The van der Waals surface area contributed by atoms with Gasteiger partial charge in [0.05, 0.1) is 16.8 Å². The first-order valence-electron chi connectivity index (χ1n) is 9.73. The summed E-state index contributed by atoms with van der Waals surface area (Å²) in [6.45, 7) is 2.03. The van der Waals surface area contributed by atoms with Gasteiger partial charge < -0.3 is 0 Å². The molecule has 1 aromatic heterocycles. The quantitative estimate of drug-likeness (QED) is 0.331. The molecule has 0 amide bonds. The van der Waals surface area contributed by atoms with Crippen LogP contribution in [0.5, 0.6) is 0 Å². The van der Waals surface area contributed by atoms with Crippen LogP contribution in [0.2, 0.25) is 0 Å². The Bertz CT molecular complexity index is 1160. The smallest absolute Gasteiger partial charge is 0.266 e. The van der Waals surface area contributed by atoms with Gasteiger partial charge in [-0.1, -0.05) is 78.4 Å². The van der Waals surface area contributed by atoms with Crippen molar-refractivity contribution in [2.24, 2.45) is 0 Å². The van der Waals surface area contributed by atoms with Gasteiger partial charge in [-0.05, 0) is 30.2 Å². The van der Waals surface area contributed by atoms with Crippen molar-refractivity contribution in [3.05, 3.63) is 118 Å². The number of hydrogen-bond donors (Lipinski definition) is 0. The lowest BCUT2D eigenvalue weighted by Gasteiger charge is -2.12. The third-order valence-electron chi connectivity index (χ3n) is 4.64. The van der Waals surface area contributed by atoms with E-state index in [4.69, 9.17) is 0 Å². The minimum atomic E-state index is -0.0714. The third-order valence-corrected chi connectivity index (χ3v) is 7.03. The van der Waals surface area contributed by atoms with E-state index in [9.17, 15) is 4.79 Å².